The van der Waals surface area contributed by atoms with Crippen LogP contribution in [0.1, 0.15) is 4.88 Å². The number of fused-ring (bicyclic) bond motifs is 3. The normalized spacial score (nSPS) is 11.0. The third-order valence-electron chi connectivity index (χ3n) is 3.76. The van der Waals surface area contributed by atoms with Crippen molar-refractivity contribution in [3.63, 3.8) is 0 Å². The second kappa shape index (κ2) is 6.37. The van der Waals surface area contributed by atoms with E-state index in [0.29, 0.717) is 12.3 Å². The molecule has 0 unspecified atom stereocenters. The maximum absolute atomic E-state index is 11.9. The van der Waals surface area contributed by atoms with E-state index in [0.717, 1.165) is 26.8 Å². The van der Waals surface area contributed by atoms with Crippen molar-refractivity contribution in [1.29, 1.82) is 0 Å². The van der Waals surface area contributed by atoms with Gasteiger partial charge in [0.15, 0.2) is 6.61 Å². The topological polar surface area (TPSA) is 51.5 Å². The molecule has 0 spiro atoms. The number of amides is 1. The smallest absolute Gasteiger partial charge is 0.258 e. The molecule has 0 bridgehead atoms. The van der Waals surface area contributed by atoms with E-state index >= 15 is 0 Å². The van der Waals surface area contributed by atoms with Gasteiger partial charge in [0.1, 0.15) is 16.9 Å². The highest BCUT2D eigenvalue weighted by Gasteiger charge is 2.08. The average Bonchev–Trinajstić information content (AvgIpc) is 3.25. The number of ether oxygens (including phenoxy) is 1. The van der Waals surface area contributed by atoms with Crippen LogP contribution in [0.3, 0.4) is 0 Å². The summed E-state index contributed by atoms with van der Waals surface area (Å²) in [5.41, 5.74) is 1.66. The van der Waals surface area contributed by atoms with Crippen LogP contribution in [-0.2, 0) is 11.3 Å². The number of hydrogen-bond acceptors (Lipinski definition) is 4. The molecule has 0 aliphatic rings. The second-order valence-electron chi connectivity index (χ2n) is 5.40. The van der Waals surface area contributed by atoms with Crippen molar-refractivity contribution in [3.8, 4) is 5.75 Å². The Bertz CT molecular complexity index is 988. The molecule has 4 nitrogen and oxygen atoms in total. The minimum Gasteiger partial charge on any atom is -0.484 e. The summed E-state index contributed by atoms with van der Waals surface area (Å²) in [5, 5.41) is 6.86. The van der Waals surface area contributed by atoms with Crippen LogP contribution in [0.2, 0.25) is 0 Å². The standard InChI is InChI=1S/C19H15NO3S/c21-19(20-11-14-4-3-9-24-14)12-22-13-7-8-18-16(10-13)15-5-1-2-6-17(15)23-18/h1-10H,11-12H2,(H,20,21). The molecule has 2 aromatic heterocycles. The molecule has 1 N–H and O–H groups in total. The van der Waals surface area contributed by atoms with Crippen molar-refractivity contribution < 1.29 is 13.9 Å². The van der Waals surface area contributed by atoms with Crippen molar-refractivity contribution >= 4 is 39.2 Å². The van der Waals surface area contributed by atoms with Gasteiger partial charge in [-0.1, -0.05) is 24.3 Å². The first kappa shape index (κ1) is 14.8. The van der Waals surface area contributed by atoms with Gasteiger partial charge in [0, 0.05) is 15.6 Å². The number of para-hydroxylation sites is 1. The summed E-state index contributed by atoms with van der Waals surface area (Å²) in [5.74, 6) is 0.515. The lowest BCUT2D eigenvalue weighted by molar-refractivity contribution is -0.123. The summed E-state index contributed by atoms with van der Waals surface area (Å²) in [4.78, 5) is 13.0. The highest BCUT2D eigenvalue weighted by Crippen LogP contribution is 2.31. The molecule has 24 heavy (non-hydrogen) atoms. The van der Waals surface area contributed by atoms with Crippen LogP contribution in [0.5, 0.6) is 5.75 Å². The molecule has 0 saturated heterocycles. The predicted octanol–water partition coefficient (Wildman–Crippen LogP) is 4.34. The summed E-state index contributed by atoms with van der Waals surface area (Å²) < 4.78 is 11.4. The molecular weight excluding hydrogens is 322 g/mol. The molecule has 2 heterocycles. The summed E-state index contributed by atoms with van der Waals surface area (Å²) in [7, 11) is 0. The Hall–Kier alpha value is -2.79. The Balaban J connectivity index is 1.44. The lowest BCUT2D eigenvalue weighted by atomic mass is 10.1. The van der Waals surface area contributed by atoms with Gasteiger partial charge in [-0.25, -0.2) is 0 Å². The number of nitrogens with one attached hydrogen (secondary N) is 1. The first-order valence-corrected chi connectivity index (χ1v) is 8.51. The van der Waals surface area contributed by atoms with Crippen LogP contribution < -0.4 is 10.1 Å². The number of thiophene rings is 1. The Kier molecular flexibility index (Phi) is 3.92. The quantitative estimate of drug-likeness (QED) is 0.589. The van der Waals surface area contributed by atoms with Crippen LogP contribution >= 0.6 is 11.3 Å². The molecule has 2 aromatic carbocycles. The lowest BCUT2D eigenvalue weighted by Crippen LogP contribution is -2.28. The Morgan fingerprint density at radius 2 is 1.92 bits per heavy atom. The van der Waals surface area contributed by atoms with Gasteiger partial charge >= 0.3 is 0 Å². The van der Waals surface area contributed by atoms with Crippen molar-refractivity contribution in [2.75, 3.05) is 6.61 Å². The fourth-order valence-corrected chi connectivity index (χ4v) is 3.24. The van der Waals surface area contributed by atoms with Crippen molar-refractivity contribution in [3.05, 3.63) is 64.9 Å². The van der Waals surface area contributed by atoms with Gasteiger partial charge < -0.3 is 14.5 Å². The monoisotopic (exact) mass is 337 g/mol. The molecule has 5 heteroatoms. The number of furan rings is 1. The summed E-state index contributed by atoms with van der Waals surface area (Å²) in [6.45, 7) is 0.526. The molecule has 120 valence electrons. The zero-order valence-corrected chi connectivity index (χ0v) is 13.6. The van der Waals surface area contributed by atoms with Crippen LogP contribution in [0, 0.1) is 0 Å². The molecule has 4 aromatic rings. The van der Waals surface area contributed by atoms with Gasteiger partial charge in [-0.15, -0.1) is 11.3 Å². The van der Waals surface area contributed by atoms with Gasteiger partial charge in [-0.05, 0) is 35.7 Å². The number of carbonyl (C=O) groups excluding carboxylic acids is 1. The van der Waals surface area contributed by atoms with Crippen LogP contribution in [0.25, 0.3) is 21.9 Å². The molecular formula is C19H15NO3S. The SMILES string of the molecule is O=C(COc1ccc2oc3ccccc3c2c1)NCc1cccs1. The van der Waals surface area contributed by atoms with Gasteiger partial charge in [0.05, 0.1) is 6.54 Å². The summed E-state index contributed by atoms with van der Waals surface area (Å²) >= 11 is 1.62. The lowest BCUT2D eigenvalue weighted by Gasteiger charge is -2.06. The van der Waals surface area contributed by atoms with E-state index in [1.807, 2.05) is 60.0 Å². The maximum Gasteiger partial charge on any atom is 0.258 e. The highest BCUT2D eigenvalue weighted by molar-refractivity contribution is 7.09. The first-order chi connectivity index (χ1) is 11.8. The van der Waals surface area contributed by atoms with Crippen LogP contribution in [-0.4, -0.2) is 12.5 Å². The minimum absolute atomic E-state index is 0.00728. The second-order valence-corrected chi connectivity index (χ2v) is 6.43. The highest BCUT2D eigenvalue weighted by atomic mass is 32.1. The number of hydrogen-bond donors (Lipinski definition) is 1. The fourth-order valence-electron chi connectivity index (χ4n) is 2.59. The molecule has 1 amide bonds. The maximum atomic E-state index is 11.9. The molecule has 0 saturated carbocycles. The van der Waals surface area contributed by atoms with E-state index in [1.54, 1.807) is 11.3 Å². The summed E-state index contributed by atoms with van der Waals surface area (Å²) in [6.07, 6.45) is 0. The Morgan fingerprint density at radius 3 is 2.79 bits per heavy atom. The number of rotatable bonds is 5. The van der Waals surface area contributed by atoms with Crippen LogP contribution in [0.15, 0.2) is 64.4 Å². The zero-order valence-electron chi connectivity index (χ0n) is 12.8. The predicted molar refractivity (Wildman–Crippen MR) is 95.4 cm³/mol. The van der Waals surface area contributed by atoms with Gasteiger partial charge in [0.2, 0.25) is 0 Å². The van der Waals surface area contributed by atoms with E-state index in [-0.39, 0.29) is 12.5 Å². The molecule has 0 atom stereocenters. The number of carbonyl (C=O) groups is 1. The Morgan fingerprint density at radius 1 is 1.04 bits per heavy atom. The molecule has 0 fully saturated rings. The Labute approximate surface area is 142 Å². The van der Waals surface area contributed by atoms with Gasteiger partial charge in [-0.2, -0.15) is 0 Å². The van der Waals surface area contributed by atoms with E-state index in [1.165, 1.54) is 0 Å². The third kappa shape index (κ3) is 2.98. The minimum atomic E-state index is -0.138. The van der Waals surface area contributed by atoms with Gasteiger partial charge in [0.25, 0.3) is 5.91 Å². The fraction of sp³-hybridized carbons (Fsp3) is 0.105. The van der Waals surface area contributed by atoms with E-state index in [4.69, 9.17) is 9.15 Å². The van der Waals surface area contributed by atoms with E-state index < -0.39 is 0 Å². The average molecular weight is 337 g/mol. The van der Waals surface area contributed by atoms with Crippen LogP contribution in [0.4, 0.5) is 0 Å². The van der Waals surface area contributed by atoms with Crippen molar-refractivity contribution in [2.45, 2.75) is 6.54 Å². The molecule has 4 rings (SSSR count). The molecule has 0 aliphatic heterocycles. The first-order valence-electron chi connectivity index (χ1n) is 7.63. The number of benzene rings is 2. The zero-order chi connectivity index (χ0) is 16.4. The van der Waals surface area contributed by atoms with E-state index in [2.05, 4.69) is 5.32 Å². The molecule has 0 aliphatic carbocycles. The third-order valence-corrected chi connectivity index (χ3v) is 4.63. The van der Waals surface area contributed by atoms with Gasteiger partial charge in [-0.3, -0.25) is 4.79 Å². The molecule has 0 radical (unpaired) electrons. The van der Waals surface area contributed by atoms with Crippen molar-refractivity contribution in [2.24, 2.45) is 0 Å². The summed E-state index contributed by atoms with van der Waals surface area (Å²) in [6, 6.07) is 17.4. The van der Waals surface area contributed by atoms with Crippen molar-refractivity contribution in [1.82, 2.24) is 5.32 Å². The largest absolute Gasteiger partial charge is 0.484 e. The van der Waals surface area contributed by atoms with E-state index in [9.17, 15) is 4.79 Å².